The van der Waals surface area contributed by atoms with E-state index in [1.807, 2.05) is 12.1 Å². The predicted molar refractivity (Wildman–Crippen MR) is 220 cm³/mol. The van der Waals surface area contributed by atoms with Crippen LogP contribution in [0.5, 0.6) is 0 Å². The number of furan rings is 1. The molecule has 0 bridgehead atoms. The molecule has 0 fully saturated rings. The minimum atomic E-state index is 0.924. The fourth-order valence-electron chi connectivity index (χ4n) is 7.78. The molecule has 0 radical (unpaired) electrons. The smallest absolute Gasteiger partial charge is 0.136 e. The quantitative estimate of drug-likeness (QED) is 0.176. The highest BCUT2D eigenvalue weighted by molar-refractivity contribution is 6.19. The zero-order chi connectivity index (χ0) is 34.4. The monoisotopic (exact) mass is 663 g/mol. The second kappa shape index (κ2) is 12.5. The summed E-state index contributed by atoms with van der Waals surface area (Å²) in [5.41, 5.74) is 12.4. The summed E-state index contributed by atoms with van der Waals surface area (Å²) in [5.74, 6) is 0. The number of nitrogens with zero attached hydrogens (tertiary/aromatic N) is 1. The number of para-hydroxylation sites is 2. The van der Waals surface area contributed by atoms with Crippen LogP contribution in [0.25, 0.3) is 76.9 Å². The van der Waals surface area contributed by atoms with E-state index >= 15 is 0 Å². The molecule has 9 aromatic carbocycles. The first-order valence-electron chi connectivity index (χ1n) is 17.8. The molecule has 0 N–H and O–H groups in total. The van der Waals surface area contributed by atoms with Crippen molar-refractivity contribution in [3.05, 3.63) is 200 Å². The highest BCUT2D eigenvalue weighted by Crippen LogP contribution is 2.42. The van der Waals surface area contributed by atoms with Gasteiger partial charge in [0.25, 0.3) is 0 Å². The Morgan fingerprint density at radius 1 is 0.327 bits per heavy atom. The van der Waals surface area contributed by atoms with E-state index in [4.69, 9.17) is 4.42 Å². The van der Waals surface area contributed by atoms with Gasteiger partial charge < -0.3 is 9.32 Å². The van der Waals surface area contributed by atoms with Crippen molar-refractivity contribution in [1.82, 2.24) is 0 Å². The van der Waals surface area contributed by atoms with Gasteiger partial charge in [0.15, 0.2) is 0 Å². The van der Waals surface area contributed by atoms with E-state index in [1.165, 1.54) is 60.3 Å². The normalized spacial score (nSPS) is 11.5. The Hall–Kier alpha value is -6.90. The van der Waals surface area contributed by atoms with Gasteiger partial charge in [-0.3, -0.25) is 0 Å². The van der Waals surface area contributed by atoms with Crippen molar-refractivity contribution in [2.75, 3.05) is 4.90 Å². The van der Waals surface area contributed by atoms with Crippen molar-refractivity contribution in [3.63, 3.8) is 0 Å². The molecule has 0 spiro atoms. The van der Waals surface area contributed by atoms with Gasteiger partial charge in [-0.15, -0.1) is 0 Å². The average Bonchev–Trinajstić information content (AvgIpc) is 3.61. The Labute approximate surface area is 302 Å². The summed E-state index contributed by atoms with van der Waals surface area (Å²) in [7, 11) is 0. The second-order valence-electron chi connectivity index (χ2n) is 13.3. The summed E-state index contributed by atoms with van der Waals surface area (Å²) in [6, 6.07) is 71.7. The van der Waals surface area contributed by atoms with E-state index in [9.17, 15) is 0 Å². The Kier molecular flexibility index (Phi) is 7.18. The van der Waals surface area contributed by atoms with Crippen LogP contribution in [0.1, 0.15) is 0 Å². The molecule has 2 nitrogen and oxygen atoms in total. The van der Waals surface area contributed by atoms with Crippen LogP contribution in [0.3, 0.4) is 0 Å². The van der Waals surface area contributed by atoms with E-state index in [0.29, 0.717) is 0 Å². The van der Waals surface area contributed by atoms with Gasteiger partial charge in [0.05, 0.1) is 0 Å². The maximum Gasteiger partial charge on any atom is 0.136 e. The van der Waals surface area contributed by atoms with Crippen LogP contribution in [0.4, 0.5) is 17.1 Å². The molecule has 0 amide bonds. The summed E-state index contributed by atoms with van der Waals surface area (Å²) in [5, 5.41) is 7.23. The molecule has 0 saturated heterocycles. The summed E-state index contributed by atoms with van der Waals surface area (Å²) < 4.78 is 6.15. The van der Waals surface area contributed by atoms with Crippen molar-refractivity contribution >= 4 is 60.5 Å². The van der Waals surface area contributed by atoms with E-state index in [-0.39, 0.29) is 0 Å². The number of anilines is 3. The molecule has 10 aromatic rings. The summed E-state index contributed by atoms with van der Waals surface area (Å²) in [6.45, 7) is 0. The predicted octanol–water partition coefficient (Wildman–Crippen LogP) is 14.4. The fraction of sp³-hybridized carbons (Fsp3) is 0. The Morgan fingerprint density at radius 2 is 0.923 bits per heavy atom. The zero-order valence-electron chi connectivity index (χ0n) is 28.4. The van der Waals surface area contributed by atoms with Crippen molar-refractivity contribution in [3.8, 4) is 33.4 Å². The van der Waals surface area contributed by atoms with Crippen LogP contribution in [0.2, 0.25) is 0 Å². The third-order valence-electron chi connectivity index (χ3n) is 10.3. The van der Waals surface area contributed by atoms with Crippen molar-refractivity contribution in [1.29, 1.82) is 0 Å². The molecule has 0 aliphatic rings. The van der Waals surface area contributed by atoms with Gasteiger partial charge in [0, 0.05) is 27.8 Å². The van der Waals surface area contributed by atoms with Gasteiger partial charge in [-0.25, -0.2) is 0 Å². The summed E-state index contributed by atoms with van der Waals surface area (Å²) in [6.07, 6.45) is 0. The third kappa shape index (κ3) is 5.12. The van der Waals surface area contributed by atoms with Crippen LogP contribution in [0, 0.1) is 0 Å². The Morgan fingerprint density at radius 3 is 1.69 bits per heavy atom. The maximum atomic E-state index is 6.15. The van der Waals surface area contributed by atoms with Crippen LogP contribution >= 0.6 is 0 Å². The molecule has 244 valence electrons. The maximum absolute atomic E-state index is 6.15. The molecule has 0 aliphatic carbocycles. The van der Waals surface area contributed by atoms with Gasteiger partial charge in [-0.1, -0.05) is 146 Å². The molecule has 2 heteroatoms. The van der Waals surface area contributed by atoms with Gasteiger partial charge in [-0.05, 0) is 110 Å². The SMILES string of the molecule is c1ccc(-c2ccc3ccccc3c2-c2ccc(N(c3ccccc3)c3ccc(-c4ccc5c(ccc6oc7ccccc7c65)c4)cc3)cc2)cc1. The van der Waals surface area contributed by atoms with Crippen molar-refractivity contribution in [2.45, 2.75) is 0 Å². The molecule has 10 rings (SSSR count). The van der Waals surface area contributed by atoms with Crippen LogP contribution in [-0.2, 0) is 0 Å². The lowest BCUT2D eigenvalue weighted by Gasteiger charge is -2.26. The first-order chi connectivity index (χ1) is 25.8. The largest absolute Gasteiger partial charge is 0.456 e. The van der Waals surface area contributed by atoms with E-state index in [1.54, 1.807) is 0 Å². The highest BCUT2D eigenvalue weighted by atomic mass is 16.3. The van der Waals surface area contributed by atoms with E-state index in [0.717, 1.165) is 33.6 Å². The molecule has 1 heterocycles. The minimum absolute atomic E-state index is 0.924. The average molecular weight is 664 g/mol. The van der Waals surface area contributed by atoms with Gasteiger partial charge in [-0.2, -0.15) is 0 Å². The molecule has 0 atom stereocenters. The zero-order valence-corrected chi connectivity index (χ0v) is 28.4. The van der Waals surface area contributed by atoms with Crippen LogP contribution in [0.15, 0.2) is 205 Å². The van der Waals surface area contributed by atoms with E-state index in [2.05, 4.69) is 193 Å². The molecule has 1 aromatic heterocycles. The number of hydrogen-bond acceptors (Lipinski definition) is 2. The third-order valence-corrected chi connectivity index (χ3v) is 10.3. The Bertz CT molecular complexity index is 2870. The lowest BCUT2D eigenvalue weighted by Crippen LogP contribution is -2.09. The van der Waals surface area contributed by atoms with Crippen molar-refractivity contribution < 1.29 is 4.42 Å². The highest BCUT2D eigenvalue weighted by Gasteiger charge is 2.16. The molecule has 0 aliphatic heterocycles. The molecular formula is C50H33NO. The second-order valence-corrected chi connectivity index (χ2v) is 13.3. The first kappa shape index (κ1) is 30.0. The van der Waals surface area contributed by atoms with Crippen LogP contribution in [-0.4, -0.2) is 0 Å². The minimum Gasteiger partial charge on any atom is -0.456 e. The van der Waals surface area contributed by atoms with Crippen LogP contribution < -0.4 is 4.90 Å². The topological polar surface area (TPSA) is 16.4 Å². The van der Waals surface area contributed by atoms with Gasteiger partial charge >= 0.3 is 0 Å². The number of rotatable bonds is 6. The molecule has 0 saturated carbocycles. The summed E-state index contributed by atoms with van der Waals surface area (Å²) >= 11 is 0. The number of fused-ring (bicyclic) bond motifs is 6. The molecule has 0 unspecified atom stereocenters. The van der Waals surface area contributed by atoms with Gasteiger partial charge in [0.1, 0.15) is 11.2 Å². The van der Waals surface area contributed by atoms with Gasteiger partial charge in [0.2, 0.25) is 0 Å². The lowest BCUT2D eigenvalue weighted by atomic mass is 9.89. The fourth-order valence-corrected chi connectivity index (χ4v) is 7.78. The summed E-state index contributed by atoms with van der Waals surface area (Å²) in [4.78, 5) is 2.33. The Balaban J connectivity index is 1.03. The van der Waals surface area contributed by atoms with E-state index < -0.39 is 0 Å². The van der Waals surface area contributed by atoms with Crippen molar-refractivity contribution in [2.24, 2.45) is 0 Å². The lowest BCUT2D eigenvalue weighted by molar-refractivity contribution is 0.669. The first-order valence-corrected chi connectivity index (χ1v) is 17.8. The molecular weight excluding hydrogens is 631 g/mol. The number of benzene rings is 9. The number of hydrogen-bond donors (Lipinski definition) is 0. The molecule has 52 heavy (non-hydrogen) atoms. The standard InChI is InChI=1S/C50H33NO/c1-3-11-35(12-4-1)44-30-23-36-13-7-8-16-43(36)49(44)37-21-28-42(29-22-37)51(40-14-5-2-6-15-40)41-26-19-34(20-27-41)38-24-31-45-39(33-38)25-32-48-50(45)46-17-9-10-18-47(46)52-48/h1-33H.